The second-order valence-corrected chi connectivity index (χ2v) is 8.73. The molecule has 1 aliphatic rings. The highest BCUT2D eigenvalue weighted by Gasteiger charge is 2.27. The summed E-state index contributed by atoms with van der Waals surface area (Å²) in [6.45, 7) is 3.83. The molecule has 2 atom stereocenters. The van der Waals surface area contributed by atoms with Crippen molar-refractivity contribution < 1.29 is 13.5 Å². The Balaban J connectivity index is 1.66. The molecule has 4 rings (SSSR count). The summed E-state index contributed by atoms with van der Waals surface area (Å²) in [4.78, 5) is 4.71. The minimum Gasteiger partial charge on any atom is -0.490 e. The third kappa shape index (κ3) is 4.13. The lowest BCUT2D eigenvalue weighted by atomic mass is 10.0. The maximum absolute atomic E-state index is 11.2. The first-order valence-corrected chi connectivity index (χ1v) is 11.4. The van der Waals surface area contributed by atoms with Crippen LogP contribution in [-0.4, -0.2) is 24.2 Å². The fraction of sp³-hybridized carbons (Fsp3) is 0.286. The summed E-state index contributed by atoms with van der Waals surface area (Å²) in [5.74, 6) is 1.11. The molecule has 2 aromatic carbocycles. The van der Waals surface area contributed by atoms with Crippen LogP contribution in [0.15, 0.2) is 36.4 Å². The molecule has 2 N–H and O–H groups in total. The van der Waals surface area contributed by atoms with Crippen molar-refractivity contribution in [3.05, 3.63) is 53.1 Å². The fourth-order valence-corrected chi connectivity index (χ4v) is 4.89. The predicted octanol–water partition coefficient (Wildman–Crippen LogP) is 4.24. The molecular weight excluding hydrogens is 420 g/mol. The van der Waals surface area contributed by atoms with Crippen LogP contribution in [0.3, 0.4) is 0 Å². The van der Waals surface area contributed by atoms with E-state index in [1.54, 1.807) is 12.1 Å². The smallest absolute Gasteiger partial charge is 0.232 e. The average molecular weight is 441 g/mol. The van der Waals surface area contributed by atoms with Crippen molar-refractivity contribution >= 4 is 22.8 Å². The second kappa shape index (κ2) is 8.62. The second-order valence-electron chi connectivity index (χ2n) is 7.24. The highest BCUT2D eigenvalue weighted by Crippen LogP contribution is 2.39. The van der Waals surface area contributed by atoms with Crippen LogP contribution in [0.4, 0.5) is 0 Å². The maximum atomic E-state index is 11.2. The van der Waals surface area contributed by atoms with Gasteiger partial charge in [-0.15, -0.1) is 0 Å². The zero-order valence-corrected chi connectivity index (χ0v) is 18.1. The van der Waals surface area contributed by atoms with Crippen LogP contribution < -0.4 is 9.46 Å². The summed E-state index contributed by atoms with van der Waals surface area (Å²) in [6, 6.07) is 13.3. The minimum absolute atomic E-state index is 0.0197. The maximum Gasteiger partial charge on any atom is 0.232 e. The number of hydrogen-bond donors (Lipinski definition) is 2. The van der Waals surface area contributed by atoms with Gasteiger partial charge in [0, 0.05) is 17.2 Å². The first-order chi connectivity index (χ1) is 14.5. The van der Waals surface area contributed by atoms with Gasteiger partial charge in [0.1, 0.15) is 16.8 Å². The molecule has 0 saturated carbocycles. The van der Waals surface area contributed by atoms with Gasteiger partial charge < -0.3 is 4.74 Å². The Hall–Kier alpha value is -2.64. The molecule has 154 valence electrons. The van der Waals surface area contributed by atoms with Gasteiger partial charge in [-0.1, -0.05) is 18.2 Å². The molecule has 1 heterocycles. The lowest BCUT2D eigenvalue weighted by Gasteiger charge is -2.11. The molecular formula is C21H20N4O3S2. The third-order valence-electron chi connectivity index (χ3n) is 4.89. The van der Waals surface area contributed by atoms with Gasteiger partial charge in [0.05, 0.1) is 11.7 Å². The number of benzene rings is 2. The summed E-state index contributed by atoms with van der Waals surface area (Å²) in [7, 11) is 0. The van der Waals surface area contributed by atoms with Crippen molar-refractivity contribution in [3.63, 3.8) is 0 Å². The summed E-state index contributed by atoms with van der Waals surface area (Å²) >= 11 is -0.754. The number of fused-ring (bicyclic) bond motifs is 1. The van der Waals surface area contributed by atoms with Gasteiger partial charge in [0.15, 0.2) is 5.82 Å². The summed E-state index contributed by atoms with van der Waals surface area (Å²) < 4.78 is 33.2. The number of hydrogen-bond acceptors (Lipinski definition) is 6. The highest BCUT2D eigenvalue weighted by molar-refractivity contribution is 7.77. The molecule has 0 aliphatic heterocycles. The Labute approximate surface area is 181 Å². The highest BCUT2D eigenvalue weighted by atomic mass is 32.2. The van der Waals surface area contributed by atoms with Gasteiger partial charge in [-0.3, -0.25) is 4.55 Å². The van der Waals surface area contributed by atoms with Crippen molar-refractivity contribution in [2.75, 3.05) is 0 Å². The van der Waals surface area contributed by atoms with Crippen LogP contribution >= 0.6 is 11.5 Å². The van der Waals surface area contributed by atoms with Gasteiger partial charge >= 0.3 is 0 Å². The number of aromatic nitrogens is 2. The zero-order chi connectivity index (χ0) is 21.3. The molecule has 0 saturated heterocycles. The Morgan fingerprint density at radius 1 is 1.37 bits per heavy atom. The summed E-state index contributed by atoms with van der Waals surface area (Å²) in [6.07, 6.45) is 1.54. The van der Waals surface area contributed by atoms with Gasteiger partial charge in [0.25, 0.3) is 0 Å². The molecule has 0 amide bonds. The summed E-state index contributed by atoms with van der Waals surface area (Å²) in [5.41, 5.74) is 4.34. The van der Waals surface area contributed by atoms with E-state index in [4.69, 9.17) is 9.72 Å². The van der Waals surface area contributed by atoms with Gasteiger partial charge in [0.2, 0.25) is 11.3 Å². The number of ether oxygens (including phenoxy) is 1. The molecule has 30 heavy (non-hydrogen) atoms. The molecule has 3 aromatic rings. The number of nitriles is 1. The Morgan fingerprint density at radius 2 is 2.20 bits per heavy atom. The van der Waals surface area contributed by atoms with Gasteiger partial charge in [-0.2, -0.15) is 9.64 Å². The Kier molecular flexibility index (Phi) is 5.92. The van der Waals surface area contributed by atoms with E-state index < -0.39 is 11.3 Å². The topological polar surface area (TPSA) is 108 Å². The van der Waals surface area contributed by atoms with Crippen LogP contribution in [0.25, 0.3) is 22.0 Å². The average Bonchev–Trinajstić information content (AvgIpc) is 3.35. The van der Waals surface area contributed by atoms with E-state index in [-0.39, 0.29) is 12.1 Å². The van der Waals surface area contributed by atoms with E-state index in [0.717, 1.165) is 40.1 Å². The van der Waals surface area contributed by atoms with Gasteiger partial charge in [-0.25, -0.2) is 13.9 Å². The van der Waals surface area contributed by atoms with Crippen LogP contribution in [0.1, 0.15) is 43.0 Å². The number of rotatable bonds is 6. The molecule has 1 aliphatic carbocycles. The standard InChI is InChI=1S/C21H20N4O3S2/c1-12(2)28-19-9-6-13(10-14(19)11-22)20-23-21(29-24-20)17-5-3-4-16-15(17)7-8-18(16)25-30(26)27/h3-6,9-10,12,18,25H,7-8H2,1-2H3,(H,26,27). The largest absolute Gasteiger partial charge is 0.490 e. The minimum atomic E-state index is -2.06. The Morgan fingerprint density at radius 3 is 2.93 bits per heavy atom. The number of nitrogens with one attached hydrogen (secondary N) is 1. The predicted molar refractivity (Wildman–Crippen MR) is 116 cm³/mol. The van der Waals surface area contributed by atoms with Crippen molar-refractivity contribution in [2.45, 2.75) is 38.8 Å². The van der Waals surface area contributed by atoms with E-state index in [0.29, 0.717) is 17.1 Å². The SMILES string of the molecule is CC(C)Oc1ccc(-c2nsc(-c3cccc4c3CCC4NS(=O)O)n2)cc1C#N. The monoisotopic (exact) mass is 440 g/mol. The van der Waals surface area contributed by atoms with E-state index in [1.807, 2.05) is 38.1 Å². The van der Waals surface area contributed by atoms with Crippen LogP contribution in [0, 0.1) is 11.3 Å². The quantitative estimate of drug-likeness (QED) is 0.555. The first kappa shape index (κ1) is 20.6. The van der Waals surface area contributed by atoms with Crippen LogP contribution in [-0.2, 0) is 17.7 Å². The van der Waals surface area contributed by atoms with E-state index in [2.05, 4.69) is 15.2 Å². The molecule has 1 aromatic heterocycles. The van der Waals surface area contributed by atoms with Gasteiger partial charge in [-0.05, 0) is 67.5 Å². The molecule has 7 nitrogen and oxygen atoms in total. The lowest BCUT2D eigenvalue weighted by molar-refractivity contribution is 0.242. The van der Waals surface area contributed by atoms with Crippen molar-refractivity contribution in [3.8, 4) is 33.8 Å². The molecule has 0 bridgehead atoms. The van der Waals surface area contributed by atoms with E-state index in [9.17, 15) is 14.0 Å². The molecule has 0 fully saturated rings. The van der Waals surface area contributed by atoms with Crippen LogP contribution in [0.5, 0.6) is 5.75 Å². The normalized spacial score (nSPS) is 16.3. The van der Waals surface area contributed by atoms with Crippen molar-refractivity contribution in [1.82, 2.24) is 14.1 Å². The molecule has 2 unspecified atom stereocenters. The first-order valence-electron chi connectivity index (χ1n) is 9.50. The van der Waals surface area contributed by atoms with Crippen LogP contribution in [0.2, 0.25) is 0 Å². The Bertz CT molecular complexity index is 1150. The molecule has 0 radical (unpaired) electrons. The lowest BCUT2D eigenvalue weighted by Crippen LogP contribution is -2.20. The third-order valence-corrected chi connectivity index (χ3v) is 6.13. The summed E-state index contributed by atoms with van der Waals surface area (Å²) in [5, 5.41) is 10.3. The zero-order valence-electron chi connectivity index (χ0n) is 16.5. The van der Waals surface area contributed by atoms with E-state index in [1.165, 1.54) is 11.5 Å². The molecule has 9 heteroatoms. The number of nitrogens with zero attached hydrogens (tertiary/aromatic N) is 3. The fourth-order valence-electron chi connectivity index (χ4n) is 3.66. The van der Waals surface area contributed by atoms with Crippen molar-refractivity contribution in [2.24, 2.45) is 0 Å². The molecule has 0 spiro atoms. The van der Waals surface area contributed by atoms with E-state index >= 15 is 0 Å². The van der Waals surface area contributed by atoms with Crippen molar-refractivity contribution in [1.29, 1.82) is 5.26 Å².